The number of fused-ring (bicyclic) bond motifs is 1. The van der Waals surface area contributed by atoms with Gasteiger partial charge >= 0.3 is 0 Å². The molecule has 102 valence electrons. The monoisotopic (exact) mass is 329 g/mol. The van der Waals surface area contributed by atoms with E-state index >= 15 is 0 Å². The molecule has 1 atom stereocenters. The average Bonchev–Trinajstić information content (AvgIpc) is 2.86. The molecule has 1 aromatic carbocycles. The first-order valence-corrected chi connectivity index (χ1v) is 7.54. The second kappa shape index (κ2) is 5.37. The largest absolute Gasteiger partial charge is 0.348 e. The van der Waals surface area contributed by atoms with Crippen LogP contribution in [0.3, 0.4) is 0 Å². The number of halogens is 1. The number of H-pyrrole nitrogens is 1. The van der Waals surface area contributed by atoms with Crippen LogP contribution in [0.5, 0.6) is 0 Å². The average molecular weight is 330 g/mol. The van der Waals surface area contributed by atoms with E-state index in [1.807, 2.05) is 19.2 Å². The lowest BCUT2D eigenvalue weighted by Crippen LogP contribution is -2.03. The van der Waals surface area contributed by atoms with Gasteiger partial charge in [0.05, 0.1) is 17.5 Å². The van der Waals surface area contributed by atoms with E-state index in [1.54, 1.807) is 6.33 Å². The number of hydrogen-bond acceptors (Lipinski definition) is 2. The summed E-state index contributed by atoms with van der Waals surface area (Å²) in [5.41, 5.74) is 4.56. The predicted octanol–water partition coefficient (Wildman–Crippen LogP) is 4.57. The Bertz CT molecular complexity index is 748. The summed E-state index contributed by atoms with van der Waals surface area (Å²) in [5, 5.41) is 1.21. The number of hydrogen-bond donors (Lipinski definition) is 1. The van der Waals surface area contributed by atoms with Crippen molar-refractivity contribution < 1.29 is 0 Å². The van der Waals surface area contributed by atoms with Gasteiger partial charge in [0.25, 0.3) is 0 Å². The molecule has 4 heteroatoms. The molecule has 3 nitrogen and oxygen atoms in total. The molecule has 0 aliphatic heterocycles. The van der Waals surface area contributed by atoms with E-state index in [2.05, 4.69) is 56.0 Å². The van der Waals surface area contributed by atoms with Gasteiger partial charge < -0.3 is 4.98 Å². The molecule has 1 unspecified atom stereocenters. The first kappa shape index (κ1) is 13.3. The Hall–Kier alpha value is -1.68. The standard InChI is InChI=1S/C16H16BrN3/c1-3-12(16-10(2)19-9-20-16)14-7-11(17)8-15-13(14)5-4-6-18-15/h4-9,12H,3H2,1-2H3,(H,19,20). The van der Waals surface area contributed by atoms with Gasteiger partial charge in [-0.25, -0.2) is 4.98 Å². The van der Waals surface area contributed by atoms with Crippen molar-refractivity contribution in [3.05, 3.63) is 58.2 Å². The predicted molar refractivity (Wildman–Crippen MR) is 84.9 cm³/mol. The highest BCUT2D eigenvalue weighted by molar-refractivity contribution is 9.10. The van der Waals surface area contributed by atoms with Crippen LogP contribution in [0.4, 0.5) is 0 Å². The topological polar surface area (TPSA) is 41.6 Å². The first-order chi connectivity index (χ1) is 9.70. The van der Waals surface area contributed by atoms with Crippen LogP contribution in [0, 0.1) is 6.92 Å². The highest BCUT2D eigenvalue weighted by atomic mass is 79.9. The van der Waals surface area contributed by atoms with Crippen LogP contribution in [0.2, 0.25) is 0 Å². The van der Waals surface area contributed by atoms with Crippen molar-refractivity contribution in [2.24, 2.45) is 0 Å². The lowest BCUT2D eigenvalue weighted by atomic mass is 9.89. The fourth-order valence-electron chi connectivity index (χ4n) is 2.77. The van der Waals surface area contributed by atoms with Gasteiger partial charge in [0, 0.05) is 27.7 Å². The van der Waals surface area contributed by atoms with Crippen molar-refractivity contribution in [3.8, 4) is 0 Å². The summed E-state index contributed by atoms with van der Waals surface area (Å²) in [4.78, 5) is 12.1. The Balaban J connectivity index is 2.24. The Kier molecular flexibility index (Phi) is 3.57. The maximum Gasteiger partial charge on any atom is 0.0925 e. The minimum absolute atomic E-state index is 0.307. The Morgan fingerprint density at radius 2 is 2.15 bits per heavy atom. The summed E-state index contributed by atoms with van der Waals surface area (Å²) < 4.78 is 1.06. The minimum atomic E-state index is 0.307. The van der Waals surface area contributed by atoms with Gasteiger partial charge in [0.2, 0.25) is 0 Å². The lowest BCUT2D eigenvalue weighted by molar-refractivity contribution is 0.754. The number of aryl methyl sites for hydroxylation is 1. The summed E-state index contributed by atoms with van der Waals surface area (Å²) >= 11 is 3.60. The summed E-state index contributed by atoms with van der Waals surface area (Å²) in [6.07, 6.45) is 4.62. The van der Waals surface area contributed by atoms with Crippen molar-refractivity contribution >= 4 is 26.8 Å². The zero-order valence-electron chi connectivity index (χ0n) is 11.5. The summed E-state index contributed by atoms with van der Waals surface area (Å²) in [7, 11) is 0. The molecule has 0 aliphatic rings. The quantitative estimate of drug-likeness (QED) is 0.764. The van der Waals surface area contributed by atoms with E-state index in [9.17, 15) is 0 Å². The first-order valence-electron chi connectivity index (χ1n) is 6.74. The fourth-order valence-corrected chi connectivity index (χ4v) is 3.23. The van der Waals surface area contributed by atoms with E-state index in [0.717, 1.165) is 22.1 Å². The van der Waals surface area contributed by atoms with Crippen molar-refractivity contribution in [2.45, 2.75) is 26.2 Å². The number of aromatic nitrogens is 3. The molecule has 0 saturated carbocycles. The number of nitrogens with one attached hydrogen (secondary N) is 1. The molecule has 1 N–H and O–H groups in total. The zero-order valence-corrected chi connectivity index (χ0v) is 13.1. The smallest absolute Gasteiger partial charge is 0.0925 e. The molecule has 0 radical (unpaired) electrons. The van der Waals surface area contributed by atoms with Crippen LogP contribution >= 0.6 is 15.9 Å². The number of aromatic amines is 1. The second-order valence-electron chi connectivity index (χ2n) is 4.93. The molecule has 2 heterocycles. The number of benzene rings is 1. The van der Waals surface area contributed by atoms with Crippen LogP contribution in [0.1, 0.15) is 36.2 Å². The molecule has 20 heavy (non-hydrogen) atoms. The van der Waals surface area contributed by atoms with Crippen LogP contribution in [-0.2, 0) is 0 Å². The minimum Gasteiger partial charge on any atom is -0.348 e. The van der Waals surface area contributed by atoms with Gasteiger partial charge in [-0.2, -0.15) is 0 Å². The number of imidazole rings is 1. The van der Waals surface area contributed by atoms with Crippen molar-refractivity contribution in [1.29, 1.82) is 0 Å². The maximum absolute atomic E-state index is 4.47. The van der Waals surface area contributed by atoms with Gasteiger partial charge in [-0.1, -0.05) is 28.9 Å². The van der Waals surface area contributed by atoms with Gasteiger partial charge in [-0.05, 0) is 37.1 Å². The summed E-state index contributed by atoms with van der Waals surface area (Å²) in [6, 6.07) is 8.38. The van der Waals surface area contributed by atoms with Crippen molar-refractivity contribution in [1.82, 2.24) is 15.0 Å². The Labute approximate surface area is 126 Å². The van der Waals surface area contributed by atoms with Gasteiger partial charge in [-0.15, -0.1) is 0 Å². The summed E-state index contributed by atoms with van der Waals surface area (Å²) in [5.74, 6) is 0.307. The van der Waals surface area contributed by atoms with Crippen molar-refractivity contribution in [2.75, 3.05) is 0 Å². The van der Waals surface area contributed by atoms with Crippen molar-refractivity contribution in [3.63, 3.8) is 0 Å². The molecule has 0 saturated heterocycles. The van der Waals surface area contributed by atoms with E-state index in [0.29, 0.717) is 5.92 Å². The molecule has 2 aromatic heterocycles. The van der Waals surface area contributed by atoms with Crippen LogP contribution in [0.25, 0.3) is 10.9 Å². The molecule has 0 aliphatic carbocycles. The zero-order chi connectivity index (χ0) is 14.1. The molecular weight excluding hydrogens is 314 g/mol. The van der Waals surface area contributed by atoms with Crippen LogP contribution < -0.4 is 0 Å². The summed E-state index contributed by atoms with van der Waals surface area (Å²) in [6.45, 7) is 4.25. The molecule has 3 aromatic rings. The second-order valence-corrected chi connectivity index (χ2v) is 5.84. The van der Waals surface area contributed by atoms with Crippen LogP contribution in [-0.4, -0.2) is 15.0 Å². The van der Waals surface area contributed by atoms with Gasteiger partial charge in [-0.3, -0.25) is 4.98 Å². The van der Waals surface area contributed by atoms with E-state index in [-0.39, 0.29) is 0 Å². The number of rotatable bonds is 3. The van der Waals surface area contributed by atoms with E-state index < -0.39 is 0 Å². The third kappa shape index (κ3) is 2.24. The molecule has 0 spiro atoms. The Morgan fingerprint density at radius 3 is 2.85 bits per heavy atom. The Morgan fingerprint density at radius 1 is 1.30 bits per heavy atom. The van der Waals surface area contributed by atoms with Crippen LogP contribution in [0.15, 0.2) is 41.3 Å². The fraction of sp³-hybridized carbons (Fsp3) is 0.250. The van der Waals surface area contributed by atoms with Gasteiger partial charge in [0.1, 0.15) is 0 Å². The number of pyridine rings is 1. The highest BCUT2D eigenvalue weighted by Gasteiger charge is 2.19. The third-order valence-electron chi connectivity index (χ3n) is 3.72. The van der Waals surface area contributed by atoms with E-state index in [4.69, 9.17) is 0 Å². The number of nitrogens with zero attached hydrogens (tertiary/aromatic N) is 2. The maximum atomic E-state index is 4.47. The highest BCUT2D eigenvalue weighted by Crippen LogP contribution is 2.34. The molecular formula is C16H16BrN3. The SMILES string of the molecule is CCC(c1[nH]cnc1C)c1cc(Br)cc2ncccc12. The molecule has 0 fully saturated rings. The molecule has 0 amide bonds. The third-order valence-corrected chi connectivity index (χ3v) is 4.18. The lowest BCUT2D eigenvalue weighted by Gasteiger charge is -2.17. The van der Waals surface area contributed by atoms with Gasteiger partial charge in [0.15, 0.2) is 0 Å². The van der Waals surface area contributed by atoms with E-state index in [1.165, 1.54) is 16.6 Å². The normalized spacial score (nSPS) is 12.8. The molecule has 3 rings (SSSR count). The molecule has 0 bridgehead atoms.